The van der Waals surface area contributed by atoms with Gasteiger partial charge in [-0.2, -0.15) is 0 Å². The lowest BCUT2D eigenvalue weighted by molar-refractivity contribution is 0.00578. The summed E-state index contributed by atoms with van der Waals surface area (Å²) < 4.78 is 35.6. The van der Waals surface area contributed by atoms with Crippen molar-refractivity contribution in [3.63, 3.8) is 0 Å². The van der Waals surface area contributed by atoms with Gasteiger partial charge in [-0.05, 0) is 161 Å². The molecule has 4 aromatic carbocycles. The second-order valence-corrected chi connectivity index (χ2v) is 23.0. The van der Waals surface area contributed by atoms with Crippen molar-refractivity contribution < 1.29 is 57.5 Å². The maximum absolute atomic E-state index is 12.9. The van der Waals surface area contributed by atoms with Gasteiger partial charge in [0.15, 0.2) is 0 Å². The van der Waals surface area contributed by atoms with Crippen LogP contribution in [0, 0.1) is 0 Å². The highest BCUT2D eigenvalue weighted by atomic mass is 79.9. The topological polar surface area (TPSA) is 186 Å². The number of carbonyl (C=O) groups excluding carboxylic acids is 4. The number of nitrogens with one attached hydrogen (secondary N) is 1. The van der Waals surface area contributed by atoms with E-state index in [-0.39, 0.29) is 34.8 Å². The van der Waals surface area contributed by atoms with E-state index in [0.29, 0.717) is 76.4 Å². The average Bonchev–Trinajstić information content (AvgIpc) is 4.22. The van der Waals surface area contributed by atoms with Crippen LogP contribution in [-0.4, -0.2) is 147 Å². The summed E-state index contributed by atoms with van der Waals surface area (Å²) >= 11 is 6.84. The summed E-state index contributed by atoms with van der Waals surface area (Å²) in [7, 11) is 4.31. The van der Waals surface area contributed by atoms with E-state index in [9.17, 15) is 29.2 Å². The molecule has 5 heterocycles. The number of benzene rings is 4. The molecule has 1 saturated heterocycles. The van der Waals surface area contributed by atoms with Crippen molar-refractivity contribution in [2.24, 2.45) is 0 Å². The zero-order valence-corrected chi connectivity index (χ0v) is 47.2. The van der Waals surface area contributed by atoms with Crippen LogP contribution < -0.4 is 35.2 Å². The van der Waals surface area contributed by atoms with Crippen LogP contribution in [0.3, 0.4) is 0 Å². The summed E-state index contributed by atoms with van der Waals surface area (Å²) in [6.45, 7) is 11.2. The lowest BCUT2D eigenvalue weighted by Crippen LogP contribution is -2.41. The lowest BCUT2D eigenvalue weighted by Gasteiger charge is -2.32. The minimum Gasteiger partial charge on any atom is -0.496 e. The standard InChI is InChI=1S/C19H26BNO4.C13H16BNO4.C13H14BrNO2.C10H10BrNO2/c1-18(2)19(3,4)25-20(24-18)13-10-12-8-9-21(14-6-7-14)17(22)16(12)15(11-13)23-5;1-19-11-7-9(14(17)18)6-8-4-5-15(10-2-3-10)13(16)12(8)11;1-17-11-7-9(14)6-8-4-5-15(10-2-3-10)13(16)12(8)11;1-14-8-5-7(11)4-6-2-3-12-10(13)9(6)8/h10-11,14H,6-9H2,1-5H3;6-7,10,17-18H,2-5H2,1H3;6-7,10H,2-5H2,1H3;4-5H,2-3H2,1H3,(H,12,13). The van der Waals surface area contributed by atoms with Crippen LogP contribution in [0.25, 0.3) is 0 Å². The van der Waals surface area contributed by atoms with Crippen LogP contribution in [-0.2, 0) is 35.0 Å². The number of fused-ring (bicyclic) bond motifs is 4. The summed E-state index contributed by atoms with van der Waals surface area (Å²) in [5.41, 5.74) is 7.22. The Morgan fingerprint density at radius 3 is 1.33 bits per heavy atom. The molecule has 20 heteroatoms. The molecule has 0 radical (unpaired) electrons. The number of hydrogen-bond acceptors (Lipinski definition) is 12. The van der Waals surface area contributed by atoms with E-state index in [1.54, 1.807) is 27.4 Å². The summed E-state index contributed by atoms with van der Waals surface area (Å²) in [4.78, 5) is 55.3. The molecule has 0 unspecified atom stereocenters. The van der Waals surface area contributed by atoms with Crippen molar-refractivity contribution in [2.45, 2.75) is 121 Å². The summed E-state index contributed by atoms with van der Waals surface area (Å²) in [5.74, 6) is 2.55. The van der Waals surface area contributed by atoms with Crippen molar-refractivity contribution >= 4 is 80.7 Å². The van der Waals surface area contributed by atoms with Gasteiger partial charge in [-0.3, -0.25) is 19.2 Å². The first-order valence-corrected chi connectivity index (χ1v) is 27.4. The van der Waals surface area contributed by atoms with Gasteiger partial charge >= 0.3 is 14.2 Å². The van der Waals surface area contributed by atoms with Crippen LogP contribution in [0.2, 0.25) is 0 Å². The van der Waals surface area contributed by atoms with E-state index in [1.165, 1.54) is 13.2 Å². The van der Waals surface area contributed by atoms with E-state index in [2.05, 4.69) is 43.2 Å². The van der Waals surface area contributed by atoms with Gasteiger partial charge in [-0.15, -0.1) is 0 Å². The van der Waals surface area contributed by atoms with Gasteiger partial charge in [0.2, 0.25) is 0 Å². The fraction of sp³-hybridized carbons (Fsp3) is 0.491. The minimum atomic E-state index is -1.55. The van der Waals surface area contributed by atoms with Gasteiger partial charge in [0.1, 0.15) is 23.0 Å². The van der Waals surface area contributed by atoms with Gasteiger partial charge in [0, 0.05) is 53.2 Å². The van der Waals surface area contributed by atoms with Crippen LogP contribution in [0.15, 0.2) is 57.5 Å². The lowest BCUT2D eigenvalue weighted by atomic mass is 9.76. The number of amides is 4. The zero-order chi connectivity index (χ0) is 53.7. The smallest absolute Gasteiger partial charge is 0.494 e. The largest absolute Gasteiger partial charge is 0.496 e. The molecule has 16 nitrogen and oxygen atoms in total. The number of rotatable bonds is 9. The molecule has 75 heavy (non-hydrogen) atoms. The first-order valence-electron chi connectivity index (χ1n) is 25.8. The fourth-order valence-electron chi connectivity index (χ4n) is 10.4. The second-order valence-electron chi connectivity index (χ2n) is 21.2. The summed E-state index contributed by atoms with van der Waals surface area (Å²) in [6, 6.07) is 16.1. The highest BCUT2D eigenvalue weighted by Crippen LogP contribution is 2.40. The molecule has 5 aliphatic heterocycles. The average molecular weight is 1160 g/mol. The Morgan fingerprint density at radius 2 is 0.920 bits per heavy atom. The van der Waals surface area contributed by atoms with Crippen molar-refractivity contribution in [3.05, 3.63) is 102 Å². The summed E-state index contributed by atoms with van der Waals surface area (Å²) in [6.07, 6.45) is 10.1. The van der Waals surface area contributed by atoms with Gasteiger partial charge in [0.05, 0.1) is 61.9 Å². The van der Waals surface area contributed by atoms with E-state index < -0.39 is 14.2 Å². The van der Waals surface area contributed by atoms with E-state index in [4.69, 9.17) is 28.3 Å². The molecule has 398 valence electrons. The molecule has 3 aliphatic carbocycles. The van der Waals surface area contributed by atoms with Gasteiger partial charge < -0.3 is 58.3 Å². The highest BCUT2D eigenvalue weighted by molar-refractivity contribution is 9.10. The van der Waals surface area contributed by atoms with Crippen molar-refractivity contribution in [1.82, 2.24) is 20.0 Å². The number of ether oxygens (including phenoxy) is 4. The maximum atomic E-state index is 12.9. The number of nitrogens with zero attached hydrogens (tertiary/aromatic N) is 3. The van der Waals surface area contributed by atoms with Crippen LogP contribution in [0.1, 0.15) is 130 Å². The van der Waals surface area contributed by atoms with Gasteiger partial charge in [0.25, 0.3) is 23.6 Å². The molecule has 8 aliphatic rings. The van der Waals surface area contributed by atoms with E-state index >= 15 is 0 Å². The van der Waals surface area contributed by atoms with Crippen LogP contribution >= 0.6 is 31.9 Å². The molecule has 4 fully saturated rings. The molecule has 0 atom stereocenters. The third kappa shape index (κ3) is 11.5. The fourth-order valence-corrected chi connectivity index (χ4v) is 11.4. The number of carbonyl (C=O) groups is 4. The van der Waals surface area contributed by atoms with Gasteiger partial charge in [-0.25, -0.2) is 0 Å². The van der Waals surface area contributed by atoms with Gasteiger partial charge in [-0.1, -0.05) is 44.0 Å². The molecule has 0 aromatic heterocycles. The monoisotopic (exact) mass is 1150 g/mol. The van der Waals surface area contributed by atoms with Crippen LogP contribution in [0.4, 0.5) is 0 Å². The van der Waals surface area contributed by atoms with Crippen molar-refractivity contribution in [3.8, 4) is 23.0 Å². The zero-order valence-electron chi connectivity index (χ0n) is 44.0. The molecule has 3 saturated carbocycles. The van der Waals surface area contributed by atoms with E-state index in [1.807, 2.05) is 72.7 Å². The molecule has 12 rings (SSSR count). The Labute approximate surface area is 456 Å². The van der Waals surface area contributed by atoms with Crippen LogP contribution in [0.5, 0.6) is 23.0 Å². The molecule has 0 spiro atoms. The second kappa shape index (κ2) is 22.1. The van der Waals surface area contributed by atoms with Crippen molar-refractivity contribution in [2.75, 3.05) is 54.6 Å². The quantitative estimate of drug-likeness (QED) is 0.165. The highest BCUT2D eigenvalue weighted by Gasteiger charge is 2.52. The summed E-state index contributed by atoms with van der Waals surface area (Å²) in [5, 5.41) is 21.3. The van der Waals surface area contributed by atoms with Crippen molar-refractivity contribution in [1.29, 1.82) is 0 Å². The Bertz CT molecular complexity index is 2810. The number of hydrogen-bond donors (Lipinski definition) is 3. The minimum absolute atomic E-state index is 0.000389. The number of halogens is 2. The predicted molar refractivity (Wildman–Crippen MR) is 292 cm³/mol. The first-order chi connectivity index (χ1) is 35.8. The number of methoxy groups -OCH3 is 4. The van der Waals surface area contributed by atoms with E-state index in [0.717, 1.165) is 120 Å². The molecule has 4 aromatic rings. The molecular weight excluding hydrogens is 1090 g/mol. The SMILES string of the molecule is COc1cc(B(O)O)cc2c1C(=O)N(C1CC1)CC2.COc1cc(B2OC(C)(C)C(C)(C)O2)cc2c1C(=O)N(C1CC1)CC2.COc1cc(Br)cc2c1C(=O)N(C1CC1)CC2.COc1cc(Br)cc2c1C(=O)NCC2. The Morgan fingerprint density at radius 1 is 0.547 bits per heavy atom. The molecule has 4 amide bonds. The predicted octanol–water partition coefficient (Wildman–Crippen LogP) is 6.05. The molecule has 3 N–H and O–H groups in total. The first kappa shape index (κ1) is 54.7. The Kier molecular flexibility index (Phi) is 16.1. The Hall–Kier alpha value is -5.11. The third-order valence-electron chi connectivity index (χ3n) is 15.6. The Balaban J connectivity index is 0.000000125. The maximum Gasteiger partial charge on any atom is 0.494 e. The molecular formula is C55H66B2Br2N4O12. The normalized spacial score (nSPS) is 19.8. The molecule has 0 bridgehead atoms. The third-order valence-corrected chi connectivity index (χ3v) is 16.5.